The number of piperidine rings is 1. The molecule has 2 N–H and O–H groups in total. The van der Waals surface area contributed by atoms with Crippen LogP contribution in [0.25, 0.3) is 11.0 Å². The van der Waals surface area contributed by atoms with E-state index in [2.05, 4.69) is 9.71 Å². The van der Waals surface area contributed by atoms with E-state index in [0.29, 0.717) is 47.5 Å². The fraction of sp³-hybridized carbons (Fsp3) is 0.161. The van der Waals surface area contributed by atoms with E-state index in [1.54, 1.807) is 33.7 Å². The first kappa shape index (κ1) is 28.9. The van der Waals surface area contributed by atoms with Crippen LogP contribution in [0.4, 0.5) is 5.69 Å². The van der Waals surface area contributed by atoms with Crippen molar-refractivity contribution in [1.29, 1.82) is 0 Å². The molecule has 0 radical (unpaired) electrons. The highest BCUT2D eigenvalue weighted by molar-refractivity contribution is 7.92. The molecule has 1 aromatic heterocycles. The fourth-order valence-electron chi connectivity index (χ4n) is 5.26. The van der Waals surface area contributed by atoms with Crippen molar-refractivity contribution in [3.8, 4) is 11.5 Å². The number of benzene rings is 4. The van der Waals surface area contributed by atoms with Gasteiger partial charge in [-0.05, 0) is 79.6 Å². The molecule has 2 heterocycles. The van der Waals surface area contributed by atoms with Crippen LogP contribution in [-0.4, -0.2) is 41.9 Å². The number of carbonyl (C=O) groups excluding carboxylic acids is 1. The number of amides is 1. The van der Waals surface area contributed by atoms with Crippen molar-refractivity contribution in [2.24, 2.45) is 0 Å². The second kappa shape index (κ2) is 11.8. The molecular formula is C31H26Cl2N4O5S. The largest absolute Gasteiger partial charge is 0.456 e. The number of rotatable bonds is 7. The van der Waals surface area contributed by atoms with Crippen LogP contribution in [0, 0.1) is 0 Å². The van der Waals surface area contributed by atoms with Gasteiger partial charge in [0.2, 0.25) is 0 Å². The molecule has 1 amide bonds. The second-order valence-electron chi connectivity index (χ2n) is 10.1. The number of hydrogen-bond acceptors (Lipinski definition) is 5. The number of para-hydroxylation sites is 3. The van der Waals surface area contributed by atoms with Gasteiger partial charge in [0.25, 0.3) is 15.9 Å². The van der Waals surface area contributed by atoms with Crippen LogP contribution in [0.5, 0.6) is 11.5 Å². The third-order valence-corrected chi connectivity index (χ3v) is 9.32. The Morgan fingerprint density at radius 1 is 0.907 bits per heavy atom. The number of imidazole rings is 1. The lowest BCUT2D eigenvalue weighted by molar-refractivity contribution is 0.0696. The third kappa shape index (κ3) is 5.99. The molecule has 0 atom stereocenters. The van der Waals surface area contributed by atoms with Gasteiger partial charge in [-0.3, -0.25) is 14.1 Å². The molecule has 4 aromatic carbocycles. The summed E-state index contributed by atoms with van der Waals surface area (Å²) in [6.45, 7) is 0.780. The predicted octanol–water partition coefficient (Wildman–Crippen LogP) is 6.71. The Labute approximate surface area is 257 Å². The van der Waals surface area contributed by atoms with Crippen molar-refractivity contribution in [3.05, 3.63) is 117 Å². The Kier molecular flexibility index (Phi) is 7.91. The zero-order valence-electron chi connectivity index (χ0n) is 22.7. The number of sulfonamides is 1. The van der Waals surface area contributed by atoms with Crippen molar-refractivity contribution >= 4 is 55.9 Å². The van der Waals surface area contributed by atoms with E-state index in [0.717, 1.165) is 11.0 Å². The van der Waals surface area contributed by atoms with Crippen LogP contribution < -0.4 is 15.1 Å². The summed E-state index contributed by atoms with van der Waals surface area (Å²) in [6, 6.07) is 24.7. The Hall–Kier alpha value is -4.25. The number of ether oxygens (including phenoxy) is 1. The smallest absolute Gasteiger partial charge is 0.326 e. The zero-order chi connectivity index (χ0) is 30.1. The normalized spacial score (nSPS) is 14.1. The molecule has 1 aliphatic rings. The number of aromatic nitrogens is 2. The summed E-state index contributed by atoms with van der Waals surface area (Å²) < 4.78 is 36.7. The summed E-state index contributed by atoms with van der Waals surface area (Å²) in [6.07, 6.45) is 1.13. The second-order valence-corrected chi connectivity index (χ2v) is 12.7. The Morgan fingerprint density at radius 3 is 2.35 bits per heavy atom. The van der Waals surface area contributed by atoms with Gasteiger partial charge >= 0.3 is 5.69 Å². The number of likely N-dealkylation sites (tertiary alicyclic amines) is 1. The number of nitrogens with one attached hydrogen (secondary N) is 2. The van der Waals surface area contributed by atoms with Gasteiger partial charge in [-0.1, -0.05) is 47.5 Å². The number of carbonyl (C=O) groups is 1. The van der Waals surface area contributed by atoms with Crippen molar-refractivity contribution in [3.63, 3.8) is 0 Å². The maximum absolute atomic E-state index is 13.6. The molecular weight excluding hydrogens is 611 g/mol. The highest BCUT2D eigenvalue weighted by Gasteiger charge is 2.29. The first-order chi connectivity index (χ1) is 20.7. The van der Waals surface area contributed by atoms with Gasteiger partial charge in [0.15, 0.2) is 0 Å². The molecule has 12 heteroatoms. The predicted molar refractivity (Wildman–Crippen MR) is 167 cm³/mol. The Bertz CT molecular complexity index is 1980. The number of halogens is 2. The minimum atomic E-state index is -4.06. The van der Waals surface area contributed by atoms with Crippen molar-refractivity contribution in [2.75, 3.05) is 17.8 Å². The van der Waals surface area contributed by atoms with E-state index in [4.69, 9.17) is 27.9 Å². The maximum Gasteiger partial charge on any atom is 0.326 e. The van der Waals surface area contributed by atoms with Crippen LogP contribution >= 0.6 is 23.2 Å². The van der Waals surface area contributed by atoms with E-state index in [1.807, 2.05) is 24.3 Å². The van der Waals surface area contributed by atoms with E-state index in [1.165, 1.54) is 42.5 Å². The van der Waals surface area contributed by atoms with E-state index in [-0.39, 0.29) is 33.8 Å². The maximum atomic E-state index is 13.6. The summed E-state index contributed by atoms with van der Waals surface area (Å²) in [7, 11) is -4.06. The Morgan fingerprint density at radius 2 is 1.60 bits per heavy atom. The lowest BCUT2D eigenvalue weighted by Gasteiger charge is -2.33. The highest BCUT2D eigenvalue weighted by Crippen LogP contribution is 2.31. The number of aromatic amines is 1. The van der Waals surface area contributed by atoms with Gasteiger partial charge in [-0.2, -0.15) is 0 Å². The lowest BCUT2D eigenvalue weighted by Crippen LogP contribution is -2.40. The summed E-state index contributed by atoms with van der Waals surface area (Å²) >= 11 is 12.4. The Balaban J connectivity index is 1.17. The van der Waals surface area contributed by atoms with Gasteiger partial charge in [0, 0.05) is 24.2 Å². The van der Waals surface area contributed by atoms with Crippen LogP contribution in [0.1, 0.15) is 29.2 Å². The van der Waals surface area contributed by atoms with Crippen molar-refractivity contribution in [1.82, 2.24) is 14.5 Å². The SMILES string of the molecule is O=C(c1cc(Cl)ccc1NS(=O)(=O)c1ccc(Oc2ccccc2Cl)cc1)N1CCC(n2c(=O)[nH]c3ccccc32)CC1. The molecule has 9 nitrogen and oxygen atoms in total. The van der Waals surface area contributed by atoms with E-state index < -0.39 is 10.0 Å². The topological polar surface area (TPSA) is 113 Å². The number of fused-ring (bicyclic) bond motifs is 1. The third-order valence-electron chi connectivity index (χ3n) is 7.40. The van der Waals surface area contributed by atoms with Crippen LogP contribution in [0.3, 0.4) is 0 Å². The van der Waals surface area contributed by atoms with Crippen LogP contribution in [0.2, 0.25) is 10.0 Å². The molecule has 6 rings (SSSR count). The fourth-order valence-corrected chi connectivity index (χ4v) is 6.69. The molecule has 0 bridgehead atoms. The summed E-state index contributed by atoms with van der Waals surface area (Å²) in [4.78, 5) is 30.8. The van der Waals surface area contributed by atoms with Crippen LogP contribution in [-0.2, 0) is 10.0 Å². The first-order valence-corrected chi connectivity index (χ1v) is 15.8. The number of nitrogens with zero attached hydrogens (tertiary/aromatic N) is 2. The standard InChI is InChI=1S/C31H26Cl2N4O5S/c32-20-9-14-26(35-43(40,41)23-12-10-22(11-13-23)42-29-8-4-1-5-25(29)33)24(19-20)30(38)36-17-15-21(16-18-36)37-28-7-3-2-6-27(28)34-31(37)39/h1-14,19,21,35H,15-18H2,(H,34,39). The lowest BCUT2D eigenvalue weighted by atomic mass is 10.0. The molecule has 0 spiro atoms. The minimum Gasteiger partial charge on any atom is -0.456 e. The van der Waals surface area contributed by atoms with Gasteiger partial charge < -0.3 is 14.6 Å². The number of H-pyrrole nitrogens is 1. The number of hydrogen-bond donors (Lipinski definition) is 2. The minimum absolute atomic E-state index is 0.0163. The average molecular weight is 638 g/mol. The summed E-state index contributed by atoms with van der Waals surface area (Å²) in [5, 5.41) is 0.726. The monoisotopic (exact) mass is 636 g/mol. The number of anilines is 1. The summed E-state index contributed by atoms with van der Waals surface area (Å²) in [5.74, 6) is 0.501. The van der Waals surface area contributed by atoms with Gasteiger partial charge in [0.05, 0.1) is 32.2 Å². The zero-order valence-corrected chi connectivity index (χ0v) is 25.0. The molecule has 0 unspecified atom stereocenters. The van der Waals surface area contributed by atoms with Gasteiger partial charge in [-0.15, -0.1) is 0 Å². The molecule has 1 fully saturated rings. The summed E-state index contributed by atoms with van der Waals surface area (Å²) in [5.41, 5.74) is 1.66. The molecule has 5 aromatic rings. The van der Waals surface area contributed by atoms with Gasteiger partial charge in [0.1, 0.15) is 11.5 Å². The quantitative estimate of drug-likeness (QED) is 0.206. The molecule has 0 saturated carbocycles. The van der Waals surface area contributed by atoms with E-state index >= 15 is 0 Å². The van der Waals surface area contributed by atoms with Gasteiger partial charge in [-0.25, -0.2) is 13.2 Å². The first-order valence-electron chi connectivity index (χ1n) is 13.5. The van der Waals surface area contributed by atoms with Crippen molar-refractivity contribution in [2.45, 2.75) is 23.8 Å². The van der Waals surface area contributed by atoms with Crippen molar-refractivity contribution < 1.29 is 17.9 Å². The highest BCUT2D eigenvalue weighted by atomic mass is 35.5. The average Bonchev–Trinajstić information content (AvgIpc) is 3.34. The molecule has 220 valence electrons. The molecule has 1 saturated heterocycles. The molecule has 1 aliphatic heterocycles. The molecule has 0 aliphatic carbocycles. The van der Waals surface area contributed by atoms with E-state index in [9.17, 15) is 18.0 Å². The molecule has 43 heavy (non-hydrogen) atoms. The van der Waals surface area contributed by atoms with Crippen LogP contribution in [0.15, 0.2) is 101 Å².